The summed E-state index contributed by atoms with van der Waals surface area (Å²) in [5.41, 5.74) is 7.37. The Kier molecular flexibility index (Phi) is 5.12. The van der Waals surface area contributed by atoms with E-state index in [1.807, 2.05) is 30.3 Å². The molecule has 0 saturated heterocycles. The average molecular weight is 349 g/mol. The summed E-state index contributed by atoms with van der Waals surface area (Å²) in [6.45, 7) is 6.84. The molecule has 136 valence electrons. The number of carbonyl (C=O) groups is 1. The van der Waals surface area contributed by atoms with Crippen LogP contribution >= 0.6 is 0 Å². The Morgan fingerprint density at radius 1 is 1.27 bits per heavy atom. The molecule has 3 rings (SSSR count). The van der Waals surface area contributed by atoms with Crippen molar-refractivity contribution in [2.75, 3.05) is 11.9 Å². The lowest BCUT2D eigenvalue weighted by Crippen LogP contribution is -2.45. The highest BCUT2D eigenvalue weighted by Crippen LogP contribution is 2.42. The molecule has 0 spiro atoms. The highest BCUT2D eigenvalue weighted by atomic mass is 16.2. The van der Waals surface area contributed by atoms with E-state index in [2.05, 4.69) is 61.4 Å². The lowest BCUT2D eigenvalue weighted by atomic mass is 9.80. The second kappa shape index (κ2) is 7.32. The summed E-state index contributed by atoms with van der Waals surface area (Å²) in [7, 11) is 2.16. The molecule has 1 heterocycles. The first kappa shape index (κ1) is 18.2. The van der Waals surface area contributed by atoms with Gasteiger partial charge in [-0.1, -0.05) is 43.3 Å². The van der Waals surface area contributed by atoms with Crippen molar-refractivity contribution >= 4 is 17.8 Å². The minimum absolute atomic E-state index is 0.111. The van der Waals surface area contributed by atoms with Crippen molar-refractivity contribution in [1.29, 1.82) is 0 Å². The third kappa shape index (κ3) is 3.96. The number of carbonyl (C=O) groups excluding carboxylic acids is 1. The summed E-state index contributed by atoms with van der Waals surface area (Å²) in [5, 5.41) is 4.12. The molecule has 1 aliphatic heterocycles. The maximum absolute atomic E-state index is 12.0. The summed E-state index contributed by atoms with van der Waals surface area (Å²) >= 11 is 0. The molecule has 4 nitrogen and oxygen atoms in total. The van der Waals surface area contributed by atoms with Crippen LogP contribution < -0.4 is 10.3 Å². The van der Waals surface area contributed by atoms with Crippen LogP contribution in [0.15, 0.2) is 53.6 Å². The van der Waals surface area contributed by atoms with Gasteiger partial charge in [0, 0.05) is 18.3 Å². The Morgan fingerprint density at radius 3 is 2.73 bits per heavy atom. The number of hydrazone groups is 1. The minimum Gasteiger partial charge on any atom is -0.369 e. The number of benzene rings is 2. The number of nitrogens with one attached hydrogen (secondary N) is 1. The lowest BCUT2D eigenvalue weighted by molar-refractivity contribution is -0.120. The molecule has 0 radical (unpaired) electrons. The first-order valence-corrected chi connectivity index (χ1v) is 9.10. The van der Waals surface area contributed by atoms with Gasteiger partial charge in [0.15, 0.2) is 0 Å². The van der Waals surface area contributed by atoms with Crippen molar-refractivity contribution in [1.82, 2.24) is 5.43 Å². The van der Waals surface area contributed by atoms with Gasteiger partial charge in [0.2, 0.25) is 5.91 Å². The van der Waals surface area contributed by atoms with Gasteiger partial charge in [-0.15, -0.1) is 0 Å². The first-order valence-electron chi connectivity index (χ1n) is 9.10. The molecular weight excluding hydrogens is 322 g/mol. The number of hydrogen-bond acceptors (Lipinski definition) is 3. The number of fused-ring (bicyclic) bond motifs is 1. The highest BCUT2D eigenvalue weighted by molar-refractivity contribution is 5.84. The maximum Gasteiger partial charge on any atom is 0.244 e. The van der Waals surface area contributed by atoms with E-state index in [1.165, 1.54) is 11.3 Å². The van der Waals surface area contributed by atoms with Gasteiger partial charge in [-0.2, -0.15) is 5.10 Å². The van der Waals surface area contributed by atoms with Crippen LogP contribution in [0, 0.1) is 0 Å². The molecular formula is C22H27N3O. The zero-order chi connectivity index (χ0) is 18.7. The Balaban J connectivity index is 1.67. The second-order valence-corrected chi connectivity index (χ2v) is 7.75. The molecule has 26 heavy (non-hydrogen) atoms. The van der Waals surface area contributed by atoms with Gasteiger partial charge in [-0.3, -0.25) is 4.79 Å². The topological polar surface area (TPSA) is 44.7 Å². The standard InChI is InChI=1S/C22H27N3O/c1-16-14-22(2,3)25(4)20-11-10-18(12-19(16)20)15-23-24-21(26)13-17-8-6-5-7-9-17/h5-12,15-16H,13-14H2,1-4H3,(H,24,26)/b23-15-/t16-/m0/s1. The van der Waals surface area contributed by atoms with E-state index in [-0.39, 0.29) is 11.4 Å². The van der Waals surface area contributed by atoms with Gasteiger partial charge in [0.1, 0.15) is 0 Å². The van der Waals surface area contributed by atoms with Crippen LogP contribution in [0.4, 0.5) is 5.69 Å². The zero-order valence-electron chi connectivity index (χ0n) is 16.0. The molecule has 1 atom stereocenters. The van der Waals surface area contributed by atoms with Crippen LogP contribution in [0.25, 0.3) is 0 Å². The van der Waals surface area contributed by atoms with E-state index in [0.29, 0.717) is 12.3 Å². The lowest BCUT2D eigenvalue weighted by Gasteiger charge is -2.45. The summed E-state index contributed by atoms with van der Waals surface area (Å²) in [6.07, 6.45) is 3.17. The number of hydrogen-bond donors (Lipinski definition) is 1. The zero-order valence-corrected chi connectivity index (χ0v) is 16.0. The third-order valence-corrected chi connectivity index (χ3v) is 5.27. The van der Waals surface area contributed by atoms with Crippen molar-refractivity contribution in [3.8, 4) is 0 Å². The molecule has 1 amide bonds. The number of amides is 1. The van der Waals surface area contributed by atoms with E-state index in [0.717, 1.165) is 17.5 Å². The molecule has 0 saturated carbocycles. The first-order chi connectivity index (χ1) is 12.4. The molecule has 1 aliphatic rings. The molecule has 0 aliphatic carbocycles. The predicted octanol–water partition coefficient (Wildman–Crippen LogP) is 4.10. The van der Waals surface area contributed by atoms with Crippen molar-refractivity contribution < 1.29 is 4.79 Å². The summed E-state index contributed by atoms with van der Waals surface area (Å²) in [5.74, 6) is 0.387. The van der Waals surface area contributed by atoms with Gasteiger partial charge < -0.3 is 4.90 Å². The number of nitrogens with zero attached hydrogens (tertiary/aromatic N) is 2. The van der Waals surface area contributed by atoms with Crippen LogP contribution in [0.3, 0.4) is 0 Å². The largest absolute Gasteiger partial charge is 0.369 e. The summed E-state index contributed by atoms with van der Waals surface area (Å²) in [6, 6.07) is 16.1. The van der Waals surface area contributed by atoms with Gasteiger partial charge in [-0.25, -0.2) is 5.43 Å². The number of rotatable bonds is 4. The van der Waals surface area contributed by atoms with Crippen molar-refractivity contribution in [3.63, 3.8) is 0 Å². The Bertz CT molecular complexity index is 811. The Labute approximate surface area is 155 Å². The molecule has 1 N–H and O–H groups in total. The average Bonchev–Trinajstić information content (AvgIpc) is 2.60. The quantitative estimate of drug-likeness (QED) is 0.667. The van der Waals surface area contributed by atoms with Crippen molar-refractivity contribution in [3.05, 3.63) is 65.2 Å². The van der Waals surface area contributed by atoms with Crippen LogP contribution in [0.1, 0.15) is 49.8 Å². The Hall–Kier alpha value is -2.62. The molecule has 4 heteroatoms. The van der Waals surface area contributed by atoms with Crippen molar-refractivity contribution in [2.45, 2.75) is 45.1 Å². The summed E-state index contributed by atoms with van der Waals surface area (Å²) in [4.78, 5) is 14.3. The molecule has 0 fully saturated rings. The van der Waals surface area contributed by atoms with E-state index in [9.17, 15) is 4.79 Å². The van der Waals surface area contributed by atoms with Gasteiger partial charge in [-0.05, 0) is 55.0 Å². The SMILES string of the molecule is C[C@H]1CC(C)(C)N(C)c2ccc(/C=N\NC(=O)Cc3ccccc3)cc21. The summed E-state index contributed by atoms with van der Waals surface area (Å²) < 4.78 is 0. The van der Waals surface area contributed by atoms with Crippen LogP contribution in [0.5, 0.6) is 0 Å². The number of anilines is 1. The highest BCUT2D eigenvalue weighted by Gasteiger charge is 2.33. The van der Waals surface area contributed by atoms with Crippen LogP contribution in [-0.2, 0) is 11.2 Å². The van der Waals surface area contributed by atoms with Crippen molar-refractivity contribution in [2.24, 2.45) is 5.10 Å². The maximum atomic E-state index is 12.0. The van der Waals surface area contributed by atoms with E-state index < -0.39 is 0 Å². The minimum atomic E-state index is -0.111. The van der Waals surface area contributed by atoms with Gasteiger partial charge >= 0.3 is 0 Å². The fraction of sp³-hybridized carbons (Fsp3) is 0.364. The molecule has 2 aromatic rings. The predicted molar refractivity (Wildman–Crippen MR) is 108 cm³/mol. The molecule has 0 bridgehead atoms. The fourth-order valence-corrected chi connectivity index (χ4v) is 3.68. The van der Waals surface area contributed by atoms with E-state index in [4.69, 9.17) is 0 Å². The smallest absolute Gasteiger partial charge is 0.244 e. The monoisotopic (exact) mass is 349 g/mol. The van der Waals surface area contributed by atoms with Gasteiger partial charge in [0.25, 0.3) is 0 Å². The third-order valence-electron chi connectivity index (χ3n) is 5.27. The van der Waals surface area contributed by atoms with Gasteiger partial charge in [0.05, 0.1) is 12.6 Å². The molecule has 0 aromatic heterocycles. The van der Waals surface area contributed by atoms with Crippen LogP contribution in [-0.4, -0.2) is 24.7 Å². The fourth-order valence-electron chi connectivity index (χ4n) is 3.68. The van der Waals surface area contributed by atoms with E-state index >= 15 is 0 Å². The van der Waals surface area contributed by atoms with E-state index in [1.54, 1.807) is 6.21 Å². The van der Waals surface area contributed by atoms with Crippen LogP contribution in [0.2, 0.25) is 0 Å². The molecule has 2 aromatic carbocycles. The molecule has 0 unspecified atom stereocenters. The normalized spacial score (nSPS) is 18.6. The second-order valence-electron chi connectivity index (χ2n) is 7.75. The Morgan fingerprint density at radius 2 is 2.00 bits per heavy atom.